The van der Waals surface area contributed by atoms with Crippen LogP contribution in [0.4, 0.5) is 0 Å². The monoisotopic (exact) mass is 221 g/mol. The Hall–Kier alpha value is -0.830. The number of hydrogen-bond acceptors (Lipinski definition) is 2. The normalized spacial score (nSPS) is 16.0. The molecule has 16 heavy (non-hydrogen) atoms. The standard InChI is InChI=1S/C13H23N3/c1-4-5-13-11(8-14-12-6-7-12)9-15-16(13)10(2)3/h9-10,12,14H,4-8H2,1-3H3. The second kappa shape index (κ2) is 5.00. The number of hydrogen-bond donors (Lipinski definition) is 1. The van der Waals surface area contributed by atoms with Crippen LogP contribution in [0.1, 0.15) is 57.3 Å². The number of aromatic nitrogens is 2. The van der Waals surface area contributed by atoms with Gasteiger partial charge in [-0.1, -0.05) is 13.3 Å². The lowest BCUT2D eigenvalue weighted by Gasteiger charge is -2.12. The van der Waals surface area contributed by atoms with Gasteiger partial charge in [-0.3, -0.25) is 4.68 Å². The highest BCUT2D eigenvalue weighted by Gasteiger charge is 2.21. The summed E-state index contributed by atoms with van der Waals surface area (Å²) in [6.07, 6.45) is 7.07. The van der Waals surface area contributed by atoms with E-state index in [1.807, 2.05) is 6.20 Å². The molecule has 0 unspecified atom stereocenters. The first-order valence-electron chi connectivity index (χ1n) is 6.51. The molecule has 1 aliphatic rings. The lowest BCUT2D eigenvalue weighted by molar-refractivity contribution is 0.505. The molecule has 0 saturated heterocycles. The van der Waals surface area contributed by atoms with Crippen LogP contribution in [0.15, 0.2) is 6.20 Å². The first kappa shape index (κ1) is 11.6. The average Bonchev–Trinajstić information content (AvgIpc) is 2.98. The molecule has 1 N–H and O–H groups in total. The Labute approximate surface area is 98.2 Å². The third-order valence-electron chi connectivity index (χ3n) is 3.12. The van der Waals surface area contributed by atoms with Crippen molar-refractivity contribution in [1.29, 1.82) is 0 Å². The van der Waals surface area contributed by atoms with Crippen LogP contribution in [-0.2, 0) is 13.0 Å². The maximum absolute atomic E-state index is 4.51. The van der Waals surface area contributed by atoms with E-state index < -0.39 is 0 Å². The highest BCUT2D eigenvalue weighted by Crippen LogP contribution is 2.21. The molecule has 1 aromatic heterocycles. The minimum absolute atomic E-state index is 0.469. The molecule has 0 aromatic carbocycles. The van der Waals surface area contributed by atoms with E-state index in [0.717, 1.165) is 19.0 Å². The molecule has 3 nitrogen and oxygen atoms in total. The largest absolute Gasteiger partial charge is 0.310 e. The van der Waals surface area contributed by atoms with E-state index in [4.69, 9.17) is 0 Å². The topological polar surface area (TPSA) is 29.9 Å². The maximum Gasteiger partial charge on any atom is 0.0537 e. The molecular weight excluding hydrogens is 198 g/mol. The highest BCUT2D eigenvalue weighted by atomic mass is 15.3. The zero-order chi connectivity index (χ0) is 11.5. The van der Waals surface area contributed by atoms with Gasteiger partial charge < -0.3 is 5.32 Å². The number of rotatable bonds is 6. The maximum atomic E-state index is 4.51. The molecule has 0 aliphatic heterocycles. The summed E-state index contributed by atoms with van der Waals surface area (Å²) in [5.41, 5.74) is 2.81. The second-order valence-corrected chi connectivity index (χ2v) is 5.06. The summed E-state index contributed by atoms with van der Waals surface area (Å²) in [5, 5.41) is 8.08. The van der Waals surface area contributed by atoms with Gasteiger partial charge in [0.25, 0.3) is 0 Å². The Morgan fingerprint density at radius 3 is 2.81 bits per heavy atom. The number of nitrogens with zero attached hydrogens (tertiary/aromatic N) is 2. The van der Waals surface area contributed by atoms with E-state index >= 15 is 0 Å². The van der Waals surface area contributed by atoms with Crippen LogP contribution < -0.4 is 5.32 Å². The van der Waals surface area contributed by atoms with Gasteiger partial charge in [0, 0.05) is 29.9 Å². The van der Waals surface area contributed by atoms with Crippen molar-refractivity contribution in [3.63, 3.8) is 0 Å². The van der Waals surface area contributed by atoms with E-state index in [9.17, 15) is 0 Å². The van der Waals surface area contributed by atoms with Crippen LogP contribution in [0.5, 0.6) is 0 Å². The smallest absolute Gasteiger partial charge is 0.0537 e. The van der Waals surface area contributed by atoms with Gasteiger partial charge in [0.05, 0.1) is 6.20 Å². The van der Waals surface area contributed by atoms with Gasteiger partial charge in [0.15, 0.2) is 0 Å². The van der Waals surface area contributed by atoms with E-state index in [1.54, 1.807) is 0 Å². The molecule has 90 valence electrons. The molecule has 1 heterocycles. The molecule has 0 radical (unpaired) electrons. The van der Waals surface area contributed by atoms with Gasteiger partial charge in [-0.2, -0.15) is 5.10 Å². The van der Waals surface area contributed by atoms with Crippen molar-refractivity contribution in [2.75, 3.05) is 0 Å². The quantitative estimate of drug-likeness (QED) is 0.800. The fourth-order valence-electron chi connectivity index (χ4n) is 2.07. The van der Waals surface area contributed by atoms with Gasteiger partial charge in [-0.25, -0.2) is 0 Å². The predicted octanol–water partition coefficient (Wildman–Crippen LogP) is 2.67. The molecular formula is C13H23N3. The van der Waals surface area contributed by atoms with E-state index in [0.29, 0.717) is 6.04 Å². The van der Waals surface area contributed by atoms with Gasteiger partial charge in [-0.15, -0.1) is 0 Å². The summed E-state index contributed by atoms with van der Waals surface area (Å²) in [6.45, 7) is 7.62. The predicted molar refractivity (Wildman–Crippen MR) is 66.5 cm³/mol. The minimum Gasteiger partial charge on any atom is -0.310 e. The summed E-state index contributed by atoms with van der Waals surface area (Å²) < 4.78 is 2.17. The van der Waals surface area contributed by atoms with E-state index in [1.165, 1.54) is 30.5 Å². The van der Waals surface area contributed by atoms with Gasteiger partial charge >= 0.3 is 0 Å². The molecule has 1 saturated carbocycles. The van der Waals surface area contributed by atoms with Crippen molar-refractivity contribution in [2.24, 2.45) is 0 Å². The molecule has 3 heteroatoms. The van der Waals surface area contributed by atoms with Crippen molar-refractivity contribution < 1.29 is 0 Å². The van der Waals surface area contributed by atoms with E-state index in [-0.39, 0.29) is 0 Å². The Bertz CT molecular complexity index is 337. The second-order valence-electron chi connectivity index (χ2n) is 5.06. The van der Waals surface area contributed by atoms with Crippen molar-refractivity contribution in [3.8, 4) is 0 Å². The lowest BCUT2D eigenvalue weighted by atomic mass is 10.1. The summed E-state index contributed by atoms with van der Waals surface area (Å²) in [4.78, 5) is 0. The van der Waals surface area contributed by atoms with Crippen LogP contribution in [0.3, 0.4) is 0 Å². The van der Waals surface area contributed by atoms with Crippen LogP contribution >= 0.6 is 0 Å². The van der Waals surface area contributed by atoms with Gasteiger partial charge in [-0.05, 0) is 33.1 Å². The molecule has 0 spiro atoms. The van der Waals surface area contributed by atoms with Crippen LogP contribution in [0.2, 0.25) is 0 Å². The lowest BCUT2D eigenvalue weighted by Crippen LogP contribution is -2.17. The van der Waals surface area contributed by atoms with Gasteiger partial charge in [0.1, 0.15) is 0 Å². The Balaban J connectivity index is 2.08. The van der Waals surface area contributed by atoms with E-state index in [2.05, 4.69) is 35.9 Å². The summed E-state index contributed by atoms with van der Waals surface area (Å²) >= 11 is 0. The summed E-state index contributed by atoms with van der Waals surface area (Å²) in [6, 6.07) is 1.24. The molecule has 2 rings (SSSR count). The molecule has 0 bridgehead atoms. The summed E-state index contributed by atoms with van der Waals surface area (Å²) in [7, 11) is 0. The first-order chi connectivity index (χ1) is 7.72. The first-order valence-corrected chi connectivity index (χ1v) is 6.51. The van der Waals surface area contributed by atoms with Crippen LogP contribution in [0, 0.1) is 0 Å². The Morgan fingerprint density at radius 2 is 2.25 bits per heavy atom. The highest BCUT2D eigenvalue weighted by molar-refractivity contribution is 5.18. The van der Waals surface area contributed by atoms with Gasteiger partial charge in [0.2, 0.25) is 0 Å². The minimum atomic E-state index is 0.469. The number of nitrogens with one attached hydrogen (secondary N) is 1. The Morgan fingerprint density at radius 1 is 1.50 bits per heavy atom. The third-order valence-corrected chi connectivity index (χ3v) is 3.12. The molecule has 1 aromatic rings. The molecule has 1 fully saturated rings. The van der Waals surface area contributed by atoms with Crippen LogP contribution in [0.25, 0.3) is 0 Å². The third kappa shape index (κ3) is 2.64. The molecule has 0 atom stereocenters. The zero-order valence-electron chi connectivity index (χ0n) is 10.7. The fourth-order valence-corrected chi connectivity index (χ4v) is 2.07. The average molecular weight is 221 g/mol. The zero-order valence-corrected chi connectivity index (χ0v) is 10.7. The van der Waals surface area contributed by atoms with Crippen molar-refractivity contribution in [1.82, 2.24) is 15.1 Å². The SMILES string of the molecule is CCCc1c(CNC2CC2)cnn1C(C)C. The Kier molecular flexibility index (Phi) is 3.64. The van der Waals surface area contributed by atoms with Crippen molar-refractivity contribution in [2.45, 2.75) is 65.1 Å². The molecule has 1 aliphatic carbocycles. The van der Waals surface area contributed by atoms with Crippen molar-refractivity contribution in [3.05, 3.63) is 17.5 Å². The fraction of sp³-hybridized carbons (Fsp3) is 0.769. The van der Waals surface area contributed by atoms with Crippen molar-refractivity contribution >= 4 is 0 Å². The molecule has 0 amide bonds. The summed E-state index contributed by atoms with van der Waals surface area (Å²) in [5.74, 6) is 0. The van der Waals surface area contributed by atoms with Crippen LogP contribution in [-0.4, -0.2) is 15.8 Å².